The van der Waals surface area contributed by atoms with Crippen molar-refractivity contribution in [2.45, 2.75) is 64.1 Å². The first-order valence-corrected chi connectivity index (χ1v) is 12.3. The lowest BCUT2D eigenvalue weighted by Gasteiger charge is -2.43. The van der Waals surface area contributed by atoms with Crippen LogP contribution in [0.25, 0.3) is 0 Å². The van der Waals surface area contributed by atoms with Crippen molar-refractivity contribution >= 4 is 29.9 Å². The molecule has 2 N–H and O–H groups in total. The van der Waals surface area contributed by atoms with Crippen LogP contribution in [0.5, 0.6) is 0 Å². The van der Waals surface area contributed by atoms with Crippen molar-refractivity contribution in [2.24, 2.45) is 0 Å². The molecule has 0 aromatic heterocycles. The largest absolute Gasteiger partial charge is 0.468 e. The molecule has 1 aliphatic carbocycles. The average molecular weight is 531 g/mol. The highest BCUT2D eigenvalue weighted by Crippen LogP contribution is 2.27. The molecule has 0 aromatic rings. The number of methoxy groups -OCH3 is 3. The second-order valence-electron chi connectivity index (χ2n) is 9.74. The summed E-state index contributed by atoms with van der Waals surface area (Å²) in [4.78, 5) is 64.2. The van der Waals surface area contributed by atoms with Gasteiger partial charge in [0.05, 0.1) is 47.5 Å². The minimum atomic E-state index is -0.631. The maximum Gasteiger partial charge on any atom is 0.407 e. The number of nitrogens with zero attached hydrogens (tertiary/aromatic N) is 2. The molecular weight excluding hydrogens is 488 g/mol. The number of alkyl carbamates (subject to hydrolysis) is 1. The number of carbonyl (C=O) groups excluding carboxylic acids is 5. The average Bonchev–Trinajstić information content (AvgIpc) is 2.84. The van der Waals surface area contributed by atoms with Gasteiger partial charge in [-0.05, 0) is 33.6 Å². The van der Waals surface area contributed by atoms with E-state index < -0.39 is 29.6 Å². The third-order valence-corrected chi connectivity index (χ3v) is 5.77. The number of esters is 3. The maximum atomic E-state index is 12.8. The quantitative estimate of drug-likeness (QED) is 0.189. The van der Waals surface area contributed by atoms with E-state index >= 15 is 0 Å². The van der Waals surface area contributed by atoms with Crippen LogP contribution in [0.4, 0.5) is 4.79 Å². The van der Waals surface area contributed by atoms with Crippen LogP contribution in [-0.4, -0.2) is 118 Å². The first-order valence-electron chi connectivity index (χ1n) is 12.3. The molecule has 0 unspecified atom stereocenters. The summed E-state index contributed by atoms with van der Waals surface area (Å²) in [5.74, 6) is -1.89. The molecule has 37 heavy (non-hydrogen) atoms. The molecule has 1 fully saturated rings. The molecule has 0 spiro atoms. The zero-order valence-electron chi connectivity index (χ0n) is 22.8. The van der Waals surface area contributed by atoms with Crippen molar-refractivity contribution in [3.8, 4) is 0 Å². The van der Waals surface area contributed by atoms with Crippen LogP contribution in [0.3, 0.4) is 0 Å². The molecule has 1 saturated carbocycles. The fourth-order valence-electron chi connectivity index (χ4n) is 4.14. The molecule has 0 radical (unpaired) electrons. The van der Waals surface area contributed by atoms with E-state index in [9.17, 15) is 24.0 Å². The molecule has 212 valence electrons. The van der Waals surface area contributed by atoms with Gasteiger partial charge in [-0.1, -0.05) is 12.8 Å². The smallest absolute Gasteiger partial charge is 0.407 e. The van der Waals surface area contributed by atoms with E-state index in [4.69, 9.17) is 18.9 Å². The summed E-state index contributed by atoms with van der Waals surface area (Å²) >= 11 is 0. The van der Waals surface area contributed by atoms with E-state index in [0.29, 0.717) is 12.8 Å². The zero-order chi connectivity index (χ0) is 28.0. The summed E-state index contributed by atoms with van der Waals surface area (Å²) in [5.41, 5.74) is -0.631. The third kappa shape index (κ3) is 12.7. The van der Waals surface area contributed by atoms with E-state index in [-0.39, 0.29) is 57.3 Å². The molecule has 0 aromatic carbocycles. The highest BCUT2D eigenvalue weighted by molar-refractivity contribution is 5.79. The lowest BCUT2D eigenvalue weighted by Crippen LogP contribution is -2.58. The molecule has 13 heteroatoms. The minimum Gasteiger partial charge on any atom is -0.468 e. The lowest BCUT2D eigenvalue weighted by atomic mass is 9.87. The Balaban J connectivity index is 2.92. The van der Waals surface area contributed by atoms with Crippen LogP contribution < -0.4 is 10.6 Å². The van der Waals surface area contributed by atoms with Gasteiger partial charge in [0.15, 0.2) is 0 Å². The Hall–Kier alpha value is -2.93. The normalized spacial score (nSPS) is 17.6. The predicted octanol–water partition coefficient (Wildman–Crippen LogP) is 0.0615. The first kappa shape index (κ1) is 32.1. The minimum absolute atomic E-state index is 0.118. The highest BCUT2D eigenvalue weighted by atomic mass is 16.6. The number of amides is 2. The van der Waals surface area contributed by atoms with Gasteiger partial charge in [-0.15, -0.1) is 0 Å². The van der Waals surface area contributed by atoms with Crippen LogP contribution in [0, 0.1) is 0 Å². The van der Waals surface area contributed by atoms with Gasteiger partial charge in [0.25, 0.3) is 0 Å². The zero-order valence-corrected chi connectivity index (χ0v) is 22.8. The summed E-state index contributed by atoms with van der Waals surface area (Å²) in [5, 5.41) is 5.29. The van der Waals surface area contributed by atoms with Crippen LogP contribution >= 0.6 is 0 Å². The number of hydrogen-bond donors (Lipinski definition) is 2. The van der Waals surface area contributed by atoms with Gasteiger partial charge in [0.2, 0.25) is 5.91 Å². The Bertz CT molecular complexity index is 767. The molecule has 0 aliphatic heterocycles. The van der Waals surface area contributed by atoms with Crippen molar-refractivity contribution in [3.63, 3.8) is 0 Å². The van der Waals surface area contributed by atoms with Gasteiger partial charge in [-0.25, -0.2) is 4.79 Å². The van der Waals surface area contributed by atoms with E-state index in [1.54, 1.807) is 30.6 Å². The van der Waals surface area contributed by atoms with Crippen molar-refractivity contribution in [3.05, 3.63) is 0 Å². The summed E-state index contributed by atoms with van der Waals surface area (Å²) in [6, 6.07) is -0.619. The van der Waals surface area contributed by atoms with Gasteiger partial charge in [0, 0.05) is 25.2 Å². The van der Waals surface area contributed by atoms with Crippen LogP contribution in [0.1, 0.15) is 46.5 Å². The predicted molar refractivity (Wildman–Crippen MR) is 132 cm³/mol. The standard InChI is InChI=1S/C24H42N4O9/c1-24(2,3)37-23(33)26-12-11-25-19(29)13-27(14-20(30)34-4)17-9-7-8-10-18(17)28(15-21(31)35-5)16-22(32)36-6/h17-18H,7-16H2,1-6H3,(H,25,29)(H,26,33)/t17-,18-/m0/s1. The first-order chi connectivity index (χ1) is 17.4. The number of rotatable bonds is 13. The third-order valence-electron chi connectivity index (χ3n) is 5.77. The van der Waals surface area contributed by atoms with Gasteiger partial charge in [-0.3, -0.25) is 29.0 Å². The van der Waals surface area contributed by atoms with Crippen molar-refractivity contribution in [1.82, 2.24) is 20.4 Å². The Labute approximate surface area is 218 Å². The second-order valence-corrected chi connectivity index (χ2v) is 9.74. The van der Waals surface area contributed by atoms with Gasteiger partial charge < -0.3 is 29.6 Å². The highest BCUT2D eigenvalue weighted by Gasteiger charge is 2.37. The molecule has 1 rings (SSSR count). The summed E-state index contributed by atoms with van der Waals surface area (Å²) in [7, 11) is 3.80. The lowest BCUT2D eigenvalue weighted by molar-refractivity contribution is -0.150. The van der Waals surface area contributed by atoms with Gasteiger partial charge >= 0.3 is 24.0 Å². The molecule has 0 heterocycles. The molecule has 0 saturated heterocycles. The van der Waals surface area contributed by atoms with Crippen molar-refractivity contribution in [2.75, 3.05) is 60.6 Å². The monoisotopic (exact) mass is 530 g/mol. The Morgan fingerprint density at radius 3 is 1.51 bits per heavy atom. The maximum absolute atomic E-state index is 12.8. The van der Waals surface area contributed by atoms with Gasteiger partial charge in [0.1, 0.15) is 5.60 Å². The SMILES string of the molecule is COC(=O)CN(CC(=O)NCCNC(=O)OC(C)(C)C)[C@H]1CCCC[C@@H]1N(CC(=O)OC)CC(=O)OC. The van der Waals surface area contributed by atoms with Crippen LogP contribution in [-0.2, 0) is 38.1 Å². The van der Waals surface area contributed by atoms with E-state index in [1.165, 1.54) is 21.3 Å². The molecular formula is C24H42N4O9. The Kier molecular flexibility index (Phi) is 13.9. The molecule has 2 amide bonds. The van der Waals surface area contributed by atoms with Crippen LogP contribution in [0.2, 0.25) is 0 Å². The van der Waals surface area contributed by atoms with Crippen LogP contribution in [0.15, 0.2) is 0 Å². The summed E-state index contributed by atoms with van der Waals surface area (Å²) < 4.78 is 19.6. The Morgan fingerprint density at radius 1 is 0.703 bits per heavy atom. The summed E-state index contributed by atoms with van der Waals surface area (Å²) in [6.07, 6.45) is 2.42. The molecule has 1 aliphatic rings. The topological polar surface area (TPSA) is 153 Å². The van der Waals surface area contributed by atoms with E-state index in [0.717, 1.165) is 12.8 Å². The Morgan fingerprint density at radius 2 is 1.11 bits per heavy atom. The second kappa shape index (κ2) is 16.0. The molecule has 2 atom stereocenters. The molecule has 0 bridgehead atoms. The van der Waals surface area contributed by atoms with Gasteiger partial charge in [-0.2, -0.15) is 0 Å². The van der Waals surface area contributed by atoms with E-state index in [1.807, 2.05) is 0 Å². The number of ether oxygens (including phenoxy) is 4. The summed E-state index contributed by atoms with van der Waals surface area (Å²) in [6.45, 7) is 5.03. The fourth-order valence-corrected chi connectivity index (χ4v) is 4.14. The fraction of sp³-hybridized carbons (Fsp3) is 0.792. The number of nitrogens with one attached hydrogen (secondary N) is 2. The van der Waals surface area contributed by atoms with E-state index in [2.05, 4.69) is 10.6 Å². The molecule has 13 nitrogen and oxygen atoms in total. The number of carbonyl (C=O) groups is 5. The van der Waals surface area contributed by atoms with Crippen molar-refractivity contribution in [1.29, 1.82) is 0 Å². The van der Waals surface area contributed by atoms with Crippen molar-refractivity contribution < 1.29 is 42.9 Å². The number of hydrogen-bond acceptors (Lipinski definition) is 11.